The molecule has 3 unspecified atom stereocenters. The molecule has 0 radical (unpaired) electrons. The maximum atomic E-state index is 13.8. The topological polar surface area (TPSA) is 67.9 Å². The van der Waals surface area contributed by atoms with Crippen LogP contribution in [-0.4, -0.2) is 91.0 Å². The van der Waals surface area contributed by atoms with Crippen molar-refractivity contribution in [2.75, 3.05) is 46.3 Å². The van der Waals surface area contributed by atoms with Gasteiger partial charge in [0.15, 0.2) is 0 Å². The third-order valence-corrected chi connectivity index (χ3v) is 10.2. The van der Waals surface area contributed by atoms with Crippen LogP contribution < -0.4 is 10.6 Å². The van der Waals surface area contributed by atoms with Crippen LogP contribution in [0, 0.1) is 5.92 Å². The van der Waals surface area contributed by atoms with Crippen molar-refractivity contribution < 1.29 is 9.59 Å². The number of fused-ring (bicyclic) bond motifs is 1. The Hall–Kier alpha value is -2.45. The third-order valence-electron chi connectivity index (χ3n) is 9.98. The first-order chi connectivity index (χ1) is 21.3. The Balaban J connectivity index is 0.000000670. The highest BCUT2D eigenvalue weighted by molar-refractivity contribution is 6.30. The largest absolute Gasteiger partial charge is 0.343 e. The van der Waals surface area contributed by atoms with Crippen molar-refractivity contribution in [3.05, 3.63) is 70.2 Å². The van der Waals surface area contributed by atoms with Gasteiger partial charge in [-0.25, -0.2) is 0 Å². The molecular formula is C36H54ClN5O2. The van der Waals surface area contributed by atoms with Crippen molar-refractivity contribution in [1.29, 1.82) is 0 Å². The van der Waals surface area contributed by atoms with E-state index in [0.29, 0.717) is 43.5 Å². The summed E-state index contributed by atoms with van der Waals surface area (Å²) in [6.07, 6.45) is 7.80. The van der Waals surface area contributed by atoms with Gasteiger partial charge in [0.1, 0.15) is 6.04 Å². The molecule has 7 nitrogen and oxygen atoms in total. The van der Waals surface area contributed by atoms with Gasteiger partial charge in [-0.15, -0.1) is 0 Å². The first-order valence-corrected chi connectivity index (χ1v) is 17.2. The van der Waals surface area contributed by atoms with Gasteiger partial charge in [-0.1, -0.05) is 81.1 Å². The van der Waals surface area contributed by atoms with Gasteiger partial charge in [-0.2, -0.15) is 0 Å². The lowest BCUT2D eigenvalue weighted by molar-refractivity contribution is -0.138. The number of hydrogen-bond acceptors (Lipinski definition) is 5. The van der Waals surface area contributed by atoms with Gasteiger partial charge < -0.3 is 20.4 Å². The molecule has 2 fully saturated rings. The first-order valence-electron chi connectivity index (χ1n) is 16.8. The zero-order valence-corrected chi connectivity index (χ0v) is 28.1. The molecule has 44 heavy (non-hydrogen) atoms. The number of nitrogens with one attached hydrogen (secondary N) is 2. The van der Waals surface area contributed by atoms with E-state index in [1.807, 2.05) is 41.3 Å². The van der Waals surface area contributed by atoms with Crippen LogP contribution in [0.1, 0.15) is 69.6 Å². The van der Waals surface area contributed by atoms with Crippen molar-refractivity contribution in [3.63, 3.8) is 0 Å². The molecule has 1 saturated heterocycles. The normalized spacial score (nSPS) is 20.7. The predicted molar refractivity (Wildman–Crippen MR) is 181 cm³/mol. The fraction of sp³-hybridized carbons (Fsp3) is 0.611. The van der Waals surface area contributed by atoms with E-state index < -0.39 is 6.04 Å². The van der Waals surface area contributed by atoms with Crippen molar-refractivity contribution in [3.8, 4) is 0 Å². The molecule has 1 saturated carbocycles. The smallest absolute Gasteiger partial charge is 0.245 e. The molecular weight excluding hydrogens is 570 g/mol. The number of carbonyl (C=O) groups is 2. The molecule has 8 heteroatoms. The fourth-order valence-electron chi connectivity index (χ4n) is 6.68. The second-order valence-corrected chi connectivity index (χ2v) is 13.2. The van der Waals surface area contributed by atoms with Gasteiger partial charge >= 0.3 is 0 Å². The number of amides is 2. The Kier molecular flexibility index (Phi) is 13.5. The molecule has 3 aliphatic rings. The summed E-state index contributed by atoms with van der Waals surface area (Å²) >= 11 is 6.10. The SMILES string of the molecule is CC(C1CCCCC1)N1CCN(C(=O)C(Cc2ccc(Cl)cc2)NC(=O)C2Cc3ccccc3CN2)CC1.CCN(C)CC. The van der Waals surface area contributed by atoms with E-state index in [1.54, 1.807) is 0 Å². The first kappa shape index (κ1) is 34.4. The Morgan fingerprint density at radius 2 is 1.59 bits per heavy atom. The summed E-state index contributed by atoms with van der Waals surface area (Å²) in [4.78, 5) is 34.0. The summed E-state index contributed by atoms with van der Waals surface area (Å²) < 4.78 is 0. The molecule has 2 aromatic rings. The van der Waals surface area contributed by atoms with Gasteiger partial charge in [0, 0.05) is 50.2 Å². The summed E-state index contributed by atoms with van der Waals surface area (Å²) in [6, 6.07) is 15.4. The van der Waals surface area contributed by atoms with Crippen molar-refractivity contribution in [2.45, 2.75) is 90.4 Å². The highest BCUT2D eigenvalue weighted by Crippen LogP contribution is 2.29. The van der Waals surface area contributed by atoms with Crippen molar-refractivity contribution in [2.24, 2.45) is 5.92 Å². The summed E-state index contributed by atoms with van der Waals surface area (Å²) in [7, 11) is 2.11. The van der Waals surface area contributed by atoms with E-state index in [2.05, 4.69) is 60.4 Å². The van der Waals surface area contributed by atoms with Gasteiger partial charge in [0.2, 0.25) is 11.8 Å². The summed E-state index contributed by atoms with van der Waals surface area (Å²) in [5.74, 6) is 0.668. The quantitative estimate of drug-likeness (QED) is 0.404. The van der Waals surface area contributed by atoms with Crippen LogP contribution in [-0.2, 0) is 29.0 Å². The zero-order chi connectivity index (χ0) is 31.5. The molecule has 0 bridgehead atoms. The molecule has 2 aromatic carbocycles. The van der Waals surface area contributed by atoms with E-state index in [0.717, 1.165) is 37.7 Å². The monoisotopic (exact) mass is 623 g/mol. The maximum Gasteiger partial charge on any atom is 0.245 e. The molecule has 1 aliphatic carbocycles. The lowest BCUT2D eigenvalue weighted by Gasteiger charge is -2.42. The van der Waals surface area contributed by atoms with Crippen LogP contribution in [0.3, 0.4) is 0 Å². The number of piperazine rings is 1. The number of halogens is 1. The fourth-order valence-corrected chi connectivity index (χ4v) is 6.80. The van der Waals surface area contributed by atoms with Crippen molar-refractivity contribution in [1.82, 2.24) is 25.3 Å². The summed E-state index contributed by atoms with van der Waals surface area (Å²) in [5, 5.41) is 7.14. The lowest BCUT2D eigenvalue weighted by Crippen LogP contribution is -2.59. The summed E-state index contributed by atoms with van der Waals surface area (Å²) in [5.41, 5.74) is 3.40. The molecule has 242 valence electrons. The molecule has 0 aromatic heterocycles. The van der Waals surface area contributed by atoms with E-state index in [-0.39, 0.29) is 17.9 Å². The Morgan fingerprint density at radius 1 is 0.955 bits per heavy atom. The van der Waals surface area contributed by atoms with E-state index >= 15 is 0 Å². The highest BCUT2D eigenvalue weighted by Gasteiger charge is 2.34. The maximum absolute atomic E-state index is 13.8. The van der Waals surface area contributed by atoms with Crippen LogP contribution in [0.5, 0.6) is 0 Å². The van der Waals surface area contributed by atoms with E-state index in [1.165, 1.54) is 43.2 Å². The molecule has 2 heterocycles. The highest BCUT2D eigenvalue weighted by atomic mass is 35.5. The van der Waals surface area contributed by atoms with Crippen LogP contribution in [0.2, 0.25) is 5.02 Å². The van der Waals surface area contributed by atoms with E-state index in [9.17, 15) is 9.59 Å². The van der Waals surface area contributed by atoms with Crippen LogP contribution >= 0.6 is 11.6 Å². The van der Waals surface area contributed by atoms with Gasteiger partial charge in [-0.3, -0.25) is 14.5 Å². The predicted octanol–water partition coefficient (Wildman–Crippen LogP) is 5.15. The minimum Gasteiger partial charge on any atom is -0.343 e. The van der Waals surface area contributed by atoms with E-state index in [4.69, 9.17) is 11.6 Å². The van der Waals surface area contributed by atoms with Crippen molar-refractivity contribution >= 4 is 23.4 Å². The molecule has 3 atom stereocenters. The van der Waals surface area contributed by atoms with Crippen LogP contribution in [0.4, 0.5) is 0 Å². The van der Waals surface area contributed by atoms with Gasteiger partial charge in [0.05, 0.1) is 6.04 Å². The lowest BCUT2D eigenvalue weighted by atomic mass is 9.84. The zero-order valence-electron chi connectivity index (χ0n) is 27.4. The Bertz CT molecular complexity index is 1170. The second kappa shape index (κ2) is 17.3. The van der Waals surface area contributed by atoms with Gasteiger partial charge in [0.25, 0.3) is 0 Å². The molecule has 5 rings (SSSR count). The number of benzene rings is 2. The number of nitrogens with zero attached hydrogens (tertiary/aromatic N) is 3. The number of rotatable bonds is 9. The molecule has 0 spiro atoms. The Morgan fingerprint density at radius 3 is 2.20 bits per heavy atom. The molecule has 2 N–H and O–H groups in total. The standard InChI is InChI=1S/C31H41ClN4O2.C5H13N/c1-22(24-7-3-2-4-8-24)35-15-17-36(18-16-35)31(38)29(19-23-11-13-27(32)14-12-23)34-30(37)28-20-25-9-5-6-10-26(25)21-33-28;1-4-6(3)5-2/h5-6,9-14,22,24,28-29,33H,2-4,7-8,15-21H2,1H3,(H,34,37);4-5H2,1-3H3. The number of hydrogen-bond donors (Lipinski definition) is 2. The average molecular weight is 624 g/mol. The third kappa shape index (κ3) is 9.77. The second-order valence-electron chi connectivity index (χ2n) is 12.8. The minimum absolute atomic E-state index is 0.00878. The van der Waals surface area contributed by atoms with Gasteiger partial charge in [-0.05, 0) is 81.1 Å². The molecule has 2 aliphatic heterocycles. The Labute approximate surface area is 270 Å². The summed E-state index contributed by atoms with van der Waals surface area (Å²) in [6.45, 7) is 12.9. The average Bonchev–Trinajstić information content (AvgIpc) is 3.08. The number of carbonyl (C=O) groups excluding carboxylic acids is 2. The minimum atomic E-state index is -0.607. The molecule has 2 amide bonds. The van der Waals surface area contributed by atoms with Crippen LogP contribution in [0.15, 0.2) is 48.5 Å². The van der Waals surface area contributed by atoms with Crippen LogP contribution in [0.25, 0.3) is 0 Å².